The summed E-state index contributed by atoms with van der Waals surface area (Å²) in [5.41, 5.74) is 1.18. The van der Waals surface area contributed by atoms with E-state index in [1.807, 2.05) is 27.7 Å². The second kappa shape index (κ2) is 5.04. The SMILES string of the molecule is CC1=C(C(=O)NC(C)(C)C)N2C(=O)C(C(C)(C)C)C2SC1. The van der Waals surface area contributed by atoms with E-state index in [0.717, 1.165) is 11.3 Å². The van der Waals surface area contributed by atoms with Crippen molar-refractivity contribution in [1.29, 1.82) is 0 Å². The standard InChI is InChI=1S/C16H26N2O2S/c1-9-8-21-14-10(15(2,3)4)13(20)18(14)11(9)12(19)17-16(5,6)7/h10,14H,8H2,1-7H3,(H,17,19). The molecule has 0 aliphatic carbocycles. The van der Waals surface area contributed by atoms with Crippen LogP contribution in [0, 0.1) is 11.3 Å². The van der Waals surface area contributed by atoms with Crippen molar-refractivity contribution in [2.24, 2.45) is 11.3 Å². The monoisotopic (exact) mass is 310 g/mol. The zero-order chi connectivity index (χ0) is 16.2. The number of fused-ring (bicyclic) bond motifs is 1. The lowest BCUT2D eigenvalue weighted by Gasteiger charge is -2.54. The minimum atomic E-state index is -0.304. The van der Waals surface area contributed by atoms with E-state index in [1.165, 1.54) is 0 Å². The van der Waals surface area contributed by atoms with Gasteiger partial charge in [0.2, 0.25) is 5.91 Å². The molecule has 5 heteroatoms. The molecule has 2 aliphatic heterocycles. The topological polar surface area (TPSA) is 49.4 Å². The van der Waals surface area contributed by atoms with Gasteiger partial charge in [-0.3, -0.25) is 14.5 Å². The van der Waals surface area contributed by atoms with Gasteiger partial charge in [0.05, 0.1) is 11.3 Å². The van der Waals surface area contributed by atoms with Gasteiger partial charge in [-0.15, -0.1) is 11.8 Å². The maximum atomic E-state index is 12.6. The fourth-order valence-corrected chi connectivity index (χ4v) is 4.49. The molecule has 1 saturated heterocycles. The summed E-state index contributed by atoms with van der Waals surface area (Å²) in [6.45, 7) is 14.1. The molecule has 0 aromatic carbocycles. The number of thioether (sulfide) groups is 1. The van der Waals surface area contributed by atoms with Gasteiger partial charge in [0, 0.05) is 11.3 Å². The first kappa shape index (κ1) is 16.4. The summed E-state index contributed by atoms with van der Waals surface area (Å²) in [5.74, 6) is 0.755. The zero-order valence-electron chi connectivity index (χ0n) is 14.0. The second-order valence-corrected chi connectivity index (χ2v) is 9.19. The van der Waals surface area contributed by atoms with Gasteiger partial charge in [-0.1, -0.05) is 20.8 Å². The van der Waals surface area contributed by atoms with E-state index in [4.69, 9.17) is 0 Å². The van der Waals surface area contributed by atoms with E-state index < -0.39 is 0 Å². The molecule has 2 aliphatic rings. The summed E-state index contributed by atoms with van der Waals surface area (Å²) < 4.78 is 0. The quantitative estimate of drug-likeness (QED) is 0.758. The van der Waals surface area contributed by atoms with Crippen LogP contribution in [0.25, 0.3) is 0 Å². The fraction of sp³-hybridized carbons (Fsp3) is 0.750. The van der Waals surface area contributed by atoms with Crippen molar-refractivity contribution in [2.45, 2.75) is 59.4 Å². The Kier molecular flexibility index (Phi) is 3.94. The molecule has 0 bridgehead atoms. The lowest BCUT2D eigenvalue weighted by molar-refractivity contribution is -0.155. The number of nitrogens with zero attached hydrogens (tertiary/aromatic N) is 1. The predicted octanol–water partition coefficient (Wildman–Crippen LogP) is 2.75. The molecule has 2 amide bonds. The van der Waals surface area contributed by atoms with Gasteiger partial charge in [0.1, 0.15) is 5.70 Å². The molecule has 2 rings (SSSR count). The summed E-state index contributed by atoms with van der Waals surface area (Å²) in [5, 5.41) is 3.08. The molecule has 0 radical (unpaired) electrons. The molecule has 1 fully saturated rings. The van der Waals surface area contributed by atoms with Gasteiger partial charge in [-0.25, -0.2) is 0 Å². The first-order valence-corrected chi connectivity index (χ1v) is 8.45. The summed E-state index contributed by atoms with van der Waals surface area (Å²) >= 11 is 1.77. The Morgan fingerprint density at radius 3 is 2.29 bits per heavy atom. The maximum Gasteiger partial charge on any atom is 0.268 e. The summed E-state index contributed by atoms with van der Waals surface area (Å²) in [6, 6.07) is 0. The molecule has 2 heterocycles. The highest BCUT2D eigenvalue weighted by Crippen LogP contribution is 2.50. The summed E-state index contributed by atoms with van der Waals surface area (Å²) in [7, 11) is 0. The number of hydrogen-bond acceptors (Lipinski definition) is 3. The third-order valence-electron chi connectivity index (χ3n) is 3.80. The van der Waals surface area contributed by atoms with Gasteiger partial charge in [0.25, 0.3) is 5.91 Å². The van der Waals surface area contributed by atoms with Crippen molar-refractivity contribution in [2.75, 3.05) is 5.75 Å². The third-order valence-corrected chi connectivity index (χ3v) is 5.22. The smallest absolute Gasteiger partial charge is 0.268 e. The molecule has 0 saturated carbocycles. The van der Waals surface area contributed by atoms with E-state index in [1.54, 1.807) is 16.7 Å². The number of carbonyl (C=O) groups excluding carboxylic acids is 2. The highest BCUT2D eigenvalue weighted by molar-refractivity contribution is 8.00. The number of β-lactam (4-membered cyclic amide) rings is 1. The average Bonchev–Trinajstić information content (AvgIpc) is 2.25. The normalized spacial score (nSPS) is 26.4. The van der Waals surface area contributed by atoms with Gasteiger partial charge >= 0.3 is 0 Å². The van der Waals surface area contributed by atoms with Crippen molar-refractivity contribution in [3.63, 3.8) is 0 Å². The Morgan fingerprint density at radius 1 is 1.24 bits per heavy atom. The highest BCUT2D eigenvalue weighted by Gasteiger charge is 2.56. The van der Waals surface area contributed by atoms with Crippen molar-refractivity contribution in [3.8, 4) is 0 Å². The Labute approximate surface area is 131 Å². The Morgan fingerprint density at radius 2 is 1.81 bits per heavy atom. The van der Waals surface area contributed by atoms with Crippen molar-refractivity contribution >= 4 is 23.6 Å². The molecule has 21 heavy (non-hydrogen) atoms. The maximum absolute atomic E-state index is 12.6. The van der Waals surface area contributed by atoms with Crippen molar-refractivity contribution < 1.29 is 9.59 Å². The number of rotatable bonds is 1. The van der Waals surface area contributed by atoms with Crippen molar-refractivity contribution in [1.82, 2.24) is 10.2 Å². The minimum absolute atomic E-state index is 0.00645. The zero-order valence-corrected chi connectivity index (χ0v) is 14.9. The molecule has 0 aromatic rings. The van der Waals surface area contributed by atoms with Crippen LogP contribution in [0.4, 0.5) is 0 Å². The van der Waals surface area contributed by atoms with E-state index in [2.05, 4.69) is 26.1 Å². The molecular formula is C16H26N2O2S. The van der Waals surface area contributed by atoms with Gasteiger partial charge in [-0.2, -0.15) is 0 Å². The third kappa shape index (κ3) is 2.98. The van der Waals surface area contributed by atoms with Crippen molar-refractivity contribution in [3.05, 3.63) is 11.3 Å². The number of carbonyl (C=O) groups is 2. The van der Waals surface area contributed by atoms with Crippen LogP contribution < -0.4 is 5.32 Å². The Balaban J connectivity index is 2.27. The van der Waals surface area contributed by atoms with Crippen LogP contribution in [0.2, 0.25) is 0 Å². The van der Waals surface area contributed by atoms with E-state index >= 15 is 0 Å². The van der Waals surface area contributed by atoms with E-state index in [-0.39, 0.29) is 34.1 Å². The number of hydrogen-bond donors (Lipinski definition) is 1. The summed E-state index contributed by atoms with van der Waals surface area (Å²) in [4.78, 5) is 26.8. The second-order valence-electron chi connectivity index (χ2n) is 8.09. The molecule has 0 spiro atoms. The molecule has 2 unspecified atom stereocenters. The van der Waals surface area contributed by atoms with Crippen LogP contribution in [0.5, 0.6) is 0 Å². The van der Waals surface area contributed by atoms with Gasteiger partial charge in [-0.05, 0) is 38.7 Å². The van der Waals surface area contributed by atoms with Crippen LogP contribution in [-0.4, -0.2) is 33.4 Å². The van der Waals surface area contributed by atoms with Crippen LogP contribution >= 0.6 is 11.8 Å². The largest absolute Gasteiger partial charge is 0.346 e. The van der Waals surface area contributed by atoms with E-state index in [9.17, 15) is 9.59 Å². The molecule has 1 N–H and O–H groups in total. The first-order chi connectivity index (χ1) is 9.43. The highest BCUT2D eigenvalue weighted by atomic mass is 32.2. The Bertz CT molecular complexity index is 511. The number of amides is 2. The molecular weight excluding hydrogens is 284 g/mol. The molecule has 0 aromatic heterocycles. The molecule has 4 nitrogen and oxygen atoms in total. The fourth-order valence-electron chi connectivity index (χ4n) is 2.86. The van der Waals surface area contributed by atoms with Gasteiger partial charge < -0.3 is 5.32 Å². The van der Waals surface area contributed by atoms with Crippen LogP contribution in [0.15, 0.2) is 11.3 Å². The first-order valence-electron chi connectivity index (χ1n) is 7.40. The lowest BCUT2D eigenvalue weighted by Crippen LogP contribution is -2.66. The van der Waals surface area contributed by atoms with Gasteiger partial charge in [0.15, 0.2) is 0 Å². The lowest BCUT2D eigenvalue weighted by atomic mass is 9.74. The molecule has 2 atom stereocenters. The number of nitrogens with one attached hydrogen (secondary N) is 1. The van der Waals surface area contributed by atoms with Crippen LogP contribution in [-0.2, 0) is 9.59 Å². The van der Waals surface area contributed by atoms with E-state index in [0.29, 0.717) is 5.70 Å². The Hall–Kier alpha value is -0.970. The van der Waals surface area contributed by atoms with Crippen LogP contribution in [0.3, 0.4) is 0 Å². The minimum Gasteiger partial charge on any atom is -0.346 e. The van der Waals surface area contributed by atoms with Crippen LogP contribution in [0.1, 0.15) is 48.5 Å². The predicted molar refractivity (Wildman–Crippen MR) is 86.6 cm³/mol. The molecule has 118 valence electrons. The average molecular weight is 310 g/mol. The summed E-state index contributed by atoms with van der Waals surface area (Å²) in [6.07, 6.45) is 0.